The van der Waals surface area contributed by atoms with Crippen LogP contribution >= 0.6 is 0 Å². The maximum Gasteiger partial charge on any atom is 0.155 e. The second kappa shape index (κ2) is 4.53. The van der Waals surface area contributed by atoms with Gasteiger partial charge < -0.3 is 9.15 Å². The number of rotatable bonds is 3. The molecule has 0 unspecified atom stereocenters. The van der Waals surface area contributed by atoms with Crippen molar-refractivity contribution in [2.24, 2.45) is 0 Å². The van der Waals surface area contributed by atoms with Gasteiger partial charge in [-0.2, -0.15) is 0 Å². The molecule has 1 aromatic carbocycles. The van der Waals surface area contributed by atoms with Crippen molar-refractivity contribution >= 4 is 11.0 Å². The third-order valence-corrected chi connectivity index (χ3v) is 2.97. The first kappa shape index (κ1) is 10.8. The Hall–Kier alpha value is -2.29. The number of furan rings is 1. The lowest BCUT2D eigenvalue weighted by Gasteiger charge is -2.03. The normalized spacial score (nSPS) is 10.7. The molecule has 0 radical (unpaired) electrons. The largest absolute Gasteiger partial charge is 0.497 e. The Morgan fingerprint density at radius 1 is 1.11 bits per heavy atom. The molecule has 90 valence electrons. The number of hydrogen-bond donors (Lipinski definition) is 0. The Morgan fingerprint density at radius 2 is 1.94 bits per heavy atom. The number of methoxy groups -OCH3 is 1. The number of hydrogen-bond acceptors (Lipinski definition) is 3. The van der Waals surface area contributed by atoms with Crippen LogP contribution in [0.2, 0.25) is 0 Å². The first-order valence-corrected chi connectivity index (χ1v) is 5.81. The molecule has 18 heavy (non-hydrogen) atoms. The quantitative estimate of drug-likeness (QED) is 0.702. The van der Waals surface area contributed by atoms with Crippen LogP contribution in [0.4, 0.5) is 0 Å². The number of fused-ring (bicyclic) bond motifs is 1. The van der Waals surface area contributed by atoms with Crippen LogP contribution in [-0.2, 0) is 6.42 Å². The van der Waals surface area contributed by atoms with Crippen LogP contribution in [0.1, 0.15) is 11.3 Å². The van der Waals surface area contributed by atoms with E-state index in [0.29, 0.717) is 0 Å². The maximum atomic E-state index is 5.48. The SMILES string of the molecule is COc1ccc(Cc2nccc3ccoc23)cc1. The zero-order valence-electron chi connectivity index (χ0n) is 10.1. The van der Waals surface area contributed by atoms with E-state index in [1.807, 2.05) is 42.6 Å². The number of aromatic nitrogens is 1. The van der Waals surface area contributed by atoms with Gasteiger partial charge in [0.25, 0.3) is 0 Å². The van der Waals surface area contributed by atoms with Gasteiger partial charge in [0.15, 0.2) is 5.58 Å². The summed E-state index contributed by atoms with van der Waals surface area (Å²) < 4.78 is 10.6. The van der Waals surface area contributed by atoms with E-state index < -0.39 is 0 Å². The lowest BCUT2D eigenvalue weighted by Crippen LogP contribution is -1.92. The highest BCUT2D eigenvalue weighted by Gasteiger charge is 2.06. The number of pyridine rings is 1. The summed E-state index contributed by atoms with van der Waals surface area (Å²) in [5, 5.41) is 1.09. The zero-order valence-corrected chi connectivity index (χ0v) is 10.1. The summed E-state index contributed by atoms with van der Waals surface area (Å²) in [4.78, 5) is 4.39. The summed E-state index contributed by atoms with van der Waals surface area (Å²) in [6, 6.07) is 11.9. The molecule has 2 heterocycles. The molecule has 0 aliphatic heterocycles. The summed E-state index contributed by atoms with van der Waals surface area (Å²) in [7, 11) is 1.67. The van der Waals surface area contributed by atoms with Crippen LogP contribution in [0, 0.1) is 0 Å². The topological polar surface area (TPSA) is 35.3 Å². The molecule has 3 nitrogen and oxygen atoms in total. The van der Waals surface area contributed by atoms with E-state index >= 15 is 0 Å². The van der Waals surface area contributed by atoms with Crippen molar-refractivity contribution < 1.29 is 9.15 Å². The highest BCUT2D eigenvalue weighted by molar-refractivity contribution is 5.78. The molecule has 0 aliphatic rings. The summed E-state index contributed by atoms with van der Waals surface area (Å²) >= 11 is 0. The van der Waals surface area contributed by atoms with Gasteiger partial charge in [-0.05, 0) is 29.8 Å². The monoisotopic (exact) mass is 239 g/mol. The Labute approximate surface area is 105 Å². The van der Waals surface area contributed by atoms with E-state index in [9.17, 15) is 0 Å². The molecule has 0 N–H and O–H groups in total. The van der Waals surface area contributed by atoms with Gasteiger partial charge in [-0.15, -0.1) is 0 Å². The lowest BCUT2D eigenvalue weighted by molar-refractivity contribution is 0.414. The predicted octanol–water partition coefficient (Wildman–Crippen LogP) is 3.43. The molecule has 2 aromatic heterocycles. The Kier molecular flexibility index (Phi) is 2.73. The summed E-state index contributed by atoms with van der Waals surface area (Å²) in [6.45, 7) is 0. The third kappa shape index (κ3) is 1.95. The van der Waals surface area contributed by atoms with E-state index in [1.165, 1.54) is 5.56 Å². The molecule has 0 saturated heterocycles. The van der Waals surface area contributed by atoms with Gasteiger partial charge in [0.05, 0.1) is 19.1 Å². The molecule has 3 aromatic rings. The molecule has 0 aliphatic carbocycles. The minimum Gasteiger partial charge on any atom is -0.497 e. The fourth-order valence-corrected chi connectivity index (χ4v) is 2.01. The zero-order chi connectivity index (χ0) is 12.4. The highest BCUT2D eigenvalue weighted by Crippen LogP contribution is 2.21. The van der Waals surface area contributed by atoms with Gasteiger partial charge in [0.1, 0.15) is 5.75 Å². The Bertz CT molecular complexity index is 656. The standard InChI is InChI=1S/C15H13NO2/c1-17-13-4-2-11(3-5-13)10-14-15-12(6-8-16-14)7-9-18-15/h2-9H,10H2,1H3. The van der Waals surface area contributed by atoms with Crippen molar-refractivity contribution in [1.29, 1.82) is 0 Å². The van der Waals surface area contributed by atoms with Crippen molar-refractivity contribution in [1.82, 2.24) is 4.98 Å². The second-order valence-corrected chi connectivity index (χ2v) is 4.12. The first-order valence-electron chi connectivity index (χ1n) is 5.81. The molecule has 0 amide bonds. The summed E-state index contributed by atoms with van der Waals surface area (Å²) in [5.74, 6) is 0.864. The number of ether oxygens (including phenoxy) is 1. The molecular weight excluding hydrogens is 226 g/mol. The van der Waals surface area contributed by atoms with Crippen LogP contribution in [0.3, 0.4) is 0 Å². The average molecular weight is 239 g/mol. The van der Waals surface area contributed by atoms with Crippen LogP contribution < -0.4 is 4.74 Å². The predicted molar refractivity (Wildman–Crippen MR) is 69.8 cm³/mol. The second-order valence-electron chi connectivity index (χ2n) is 4.12. The minimum atomic E-state index is 0.759. The molecule has 0 spiro atoms. The Morgan fingerprint density at radius 3 is 2.72 bits per heavy atom. The van der Waals surface area contributed by atoms with Gasteiger partial charge in [0, 0.05) is 18.0 Å². The van der Waals surface area contributed by atoms with Gasteiger partial charge in [0.2, 0.25) is 0 Å². The minimum absolute atomic E-state index is 0.759. The molecule has 0 atom stereocenters. The van der Waals surface area contributed by atoms with E-state index in [2.05, 4.69) is 4.98 Å². The summed E-state index contributed by atoms with van der Waals surface area (Å²) in [6.07, 6.45) is 4.27. The van der Waals surface area contributed by atoms with Crippen LogP contribution in [0.25, 0.3) is 11.0 Å². The van der Waals surface area contributed by atoms with Crippen LogP contribution in [-0.4, -0.2) is 12.1 Å². The third-order valence-electron chi connectivity index (χ3n) is 2.97. The van der Waals surface area contributed by atoms with Crippen molar-refractivity contribution in [3.8, 4) is 5.75 Å². The van der Waals surface area contributed by atoms with Crippen LogP contribution in [0.15, 0.2) is 53.3 Å². The first-order chi connectivity index (χ1) is 8.86. The van der Waals surface area contributed by atoms with Crippen LogP contribution in [0.5, 0.6) is 5.75 Å². The van der Waals surface area contributed by atoms with Gasteiger partial charge in [-0.1, -0.05) is 12.1 Å². The molecule has 0 saturated carbocycles. The van der Waals surface area contributed by atoms with Crippen molar-refractivity contribution in [2.75, 3.05) is 7.11 Å². The summed E-state index contributed by atoms with van der Waals surface area (Å²) in [5.41, 5.74) is 3.02. The van der Waals surface area contributed by atoms with Crippen molar-refractivity contribution in [3.05, 3.63) is 60.1 Å². The lowest BCUT2D eigenvalue weighted by atomic mass is 10.1. The van der Waals surface area contributed by atoms with E-state index in [1.54, 1.807) is 13.4 Å². The molecular formula is C15H13NO2. The maximum absolute atomic E-state index is 5.48. The Balaban J connectivity index is 1.93. The van der Waals surface area contributed by atoms with E-state index in [0.717, 1.165) is 28.8 Å². The molecule has 3 heteroatoms. The van der Waals surface area contributed by atoms with Gasteiger partial charge in [-0.3, -0.25) is 4.98 Å². The van der Waals surface area contributed by atoms with Crippen molar-refractivity contribution in [3.63, 3.8) is 0 Å². The van der Waals surface area contributed by atoms with Gasteiger partial charge in [-0.25, -0.2) is 0 Å². The number of benzene rings is 1. The van der Waals surface area contributed by atoms with E-state index in [4.69, 9.17) is 9.15 Å². The van der Waals surface area contributed by atoms with Crippen molar-refractivity contribution in [2.45, 2.75) is 6.42 Å². The number of nitrogens with zero attached hydrogens (tertiary/aromatic N) is 1. The van der Waals surface area contributed by atoms with E-state index in [-0.39, 0.29) is 0 Å². The average Bonchev–Trinajstić information content (AvgIpc) is 2.89. The smallest absolute Gasteiger partial charge is 0.155 e. The molecule has 3 rings (SSSR count). The fraction of sp³-hybridized carbons (Fsp3) is 0.133. The van der Waals surface area contributed by atoms with Gasteiger partial charge >= 0.3 is 0 Å². The fourth-order valence-electron chi connectivity index (χ4n) is 2.01. The molecule has 0 fully saturated rings. The molecule has 0 bridgehead atoms. The highest BCUT2D eigenvalue weighted by atomic mass is 16.5.